The standard InChI is InChI=1S/C13H15N5/c14-8-11-9-18(7-6-17-5-4-15-10-17)13-12(11)2-1-3-16-13/h1-5,9-10H,6-8,14H2. The summed E-state index contributed by atoms with van der Waals surface area (Å²) in [5.41, 5.74) is 7.90. The van der Waals surface area contributed by atoms with Crippen LogP contribution in [0.15, 0.2) is 43.2 Å². The van der Waals surface area contributed by atoms with Gasteiger partial charge in [-0.2, -0.15) is 0 Å². The maximum atomic E-state index is 5.76. The Morgan fingerprint density at radius 3 is 2.94 bits per heavy atom. The number of aryl methyl sites for hydroxylation is 2. The molecule has 0 fully saturated rings. The lowest BCUT2D eigenvalue weighted by atomic mass is 10.2. The van der Waals surface area contributed by atoms with Crippen molar-refractivity contribution in [1.82, 2.24) is 19.1 Å². The van der Waals surface area contributed by atoms with Gasteiger partial charge in [-0.3, -0.25) is 0 Å². The molecule has 0 aliphatic carbocycles. The summed E-state index contributed by atoms with van der Waals surface area (Å²) >= 11 is 0. The summed E-state index contributed by atoms with van der Waals surface area (Å²) in [7, 11) is 0. The highest BCUT2D eigenvalue weighted by Crippen LogP contribution is 2.18. The van der Waals surface area contributed by atoms with Gasteiger partial charge in [0.2, 0.25) is 0 Å². The molecular weight excluding hydrogens is 226 g/mol. The molecule has 0 atom stereocenters. The van der Waals surface area contributed by atoms with Crippen LogP contribution < -0.4 is 5.73 Å². The predicted octanol–water partition coefficient (Wildman–Crippen LogP) is 1.39. The van der Waals surface area contributed by atoms with Gasteiger partial charge in [-0.1, -0.05) is 0 Å². The first-order valence-corrected chi connectivity index (χ1v) is 5.97. The van der Waals surface area contributed by atoms with Crippen LogP contribution in [-0.4, -0.2) is 19.1 Å². The zero-order valence-corrected chi connectivity index (χ0v) is 10.0. The van der Waals surface area contributed by atoms with Crippen molar-refractivity contribution in [3.63, 3.8) is 0 Å². The van der Waals surface area contributed by atoms with E-state index in [1.165, 1.54) is 0 Å². The van der Waals surface area contributed by atoms with E-state index in [1.54, 1.807) is 6.20 Å². The minimum absolute atomic E-state index is 0.542. The number of fused-ring (bicyclic) bond motifs is 1. The predicted molar refractivity (Wildman–Crippen MR) is 69.9 cm³/mol. The van der Waals surface area contributed by atoms with E-state index in [9.17, 15) is 0 Å². The molecule has 0 saturated carbocycles. The highest BCUT2D eigenvalue weighted by atomic mass is 15.1. The molecule has 0 radical (unpaired) electrons. The normalized spacial score (nSPS) is 11.2. The molecule has 3 heterocycles. The number of hydrogen-bond acceptors (Lipinski definition) is 3. The summed E-state index contributed by atoms with van der Waals surface area (Å²) in [6.45, 7) is 2.29. The Hall–Kier alpha value is -2.14. The van der Waals surface area contributed by atoms with Crippen molar-refractivity contribution >= 4 is 11.0 Å². The van der Waals surface area contributed by atoms with E-state index in [1.807, 2.05) is 24.8 Å². The molecule has 5 heteroatoms. The molecule has 0 bridgehead atoms. The average Bonchev–Trinajstić information content (AvgIpc) is 3.04. The molecule has 0 spiro atoms. The average molecular weight is 241 g/mol. The second-order valence-corrected chi connectivity index (χ2v) is 4.23. The van der Waals surface area contributed by atoms with Crippen LogP contribution in [0.25, 0.3) is 11.0 Å². The molecule has 0 aliphatic rings. The minimum atomic E-state index is 0.542. The molecule has 0 unspecified atom stereocenters. The van der Waals surface area contributed by atoms with Crippen LogP contribution in [0.3, 0.4) is 0 Å². The van der Waals surface area contributed by atoms with Gasteiger partial charge in [-0.15, -0.1) is 0 Å². The molecule has 2 N–H and O–H groups in total. The van der Waals surface area contributed by atoms with E-state index in [0.717, 1.165) is 29.7 Å². The van der Waals surface area contributed by atoms with Gasteiger partial charge < -0.3 is 14.9 Å². The number of rotatable bonds is 4. The molecule has 0 amide bonds. The van der Waals surface area contributed by atoms with E-state index in [2.05, 4.69) is 31.4 Å². The van der Waals surface area contributed by atoms with Gasteiger partial charge >= 0.3 is 0 Å². The topological polar surface area (TPSA) is 61.7 Å². The van der Waals surface area contributed by atoms with Crippen LogP contribution in [0, 0.1) is 0 Å². The van der Waals surface area contributed by atoms with E-state index in [0.29, 0.717) is 6.54 Å². The molecule has 5 nitrogen and oxygen atoms in total. The zero-order valence-electron chi connectivity index (χ0n) is 10.0. The molecule has 3 aromatic heterocycles. The van der Waals surface area contributed by atoms with Gasteiger partial charge in [0.25, 0.3) is 0 Å². The quantitative estimate of drug-likeness (QED) is 0.751. The van der Waals surface area contributed by atoms with Crippen LogP contribution in [0.4, 0.5) is 0 Å². The van der Waals surface area contributed by atoms with Crippen molar-refractivity contribution in [2.75, 3.05) is 0 Å². The lowest BCUT2D eigenvalue weighted by molar-refractivity contribution is 0.588. The maximum absolute atomic E-state index is 5.76. The summed E-state index contributed by atoms with van der Waals surface area (Å²) in [6.07, 6.45) is 9.48. The number of nitrogens with zero attached hydrogens (tertiary/aromatic N) is 4. The van der Waals surface area contributed by atoms with Crippen LogP contribution in [0.2, 0.25) is 0 Å². The lowest BCUT2D eigenvalue weighted by Gasteiger charge is -2.05. The SMILES string of the molecule is NCc1cn(CCn2ccnc2)c2ncccc12. The molecular formula is C13H15N5. The number of aromatic nitrogens is 4. The summed E-state index contributed by atoms with van der Waals surface area (Å²) < 4.78 is 4.20. The monoisotopic (exact) mass is 241 g/mol. The molecule has 0 aromatic carbocycles. The third-order valence-electron chi connectivity index (χ3n) is 3.09. The maximum Gasteiger partial charge on any atom is 0.140 e. The summed E-state index contributed by atoms with van der Waals surface area (Å²) in [5.74, 6) is 0. The smallest absolute Gasteiger partial charge is 0.140 e. The Morgan fingerprint density at radius 2 is 2.17 bits per heavy atom. The van der Waals surface area contributed by atoms with Crippen LogP contribution in [0.5, 0.6) is 0 Å². The van der Waals surface area contributed by atoms with Gasteiger partial charge in [0.05, 0.1) is 6.33 Å². The second-order valence-electron chi connectivity index (χ2n) is 4.23. The number of hydrogen-bond donors (Lipinski definition) is 1. The van der Waals surface area contributed by atoms with Crippen molar-refractivity contribution < 1.29 is 0 Å². The molecule has 92 valence electrons. The first-order chi connectivity index (χ1) is 8.88. The Labute approximate surface area is 105 Å². The van der Waals surface area contributed by atoms with Crippen molar-refractivity contribution in [3.05, 3.63) is 48.8 Å². The van der Waals surface area contributed by atoms with E-state index in [-0.39, 0.29) is 0 Å². The van der Waals surface area contributed by atoms with Gasteiger partial charge in [-0.25, -0.2) is 9.97 Å². The Kier molecular flexibility index (Phi) is 2.82. The largest absolute Gasteiger partial charge is 0.336 e. The fourth-order valence-electron chi connectivity index (χ4n) is 2.17. The molecule has 3 rings (SSSR count). The Bertz CT molecular complexity index is 639. The molecule has 0 saturated heterocycles. The fourth-order valence-corrected chi connectivity index (χ4v) is 2.17. The summed E-state index contributed by atoms with van der Waals surface area (Å²) in [4.78, 5) is 8.47. The van der Waals surface area contributed by atoms with Crippen molar-refractivity contribution in [2.45, 2.75) is 19.6 Å². The summed E-state index contributed by atoms with van der Waals surface area (Å²) in [6, 6.07) is 4.01. The summed E-state index contributed by atoms with van der Waals surface area (Å²) in [5, 5.41) is 1.14. The first kappa shape index (κ1) is 11.0. The number of imidazole rings is 1. The highest BCUT2D eigenvalue weighted by Gasteiger charge is 2.07. The van der Waals surface area contributed by atoms with Crippen molar-refractivity contribution in [3.8, 4) is 0 Å². The van der Waals surface area contributed by atoms with Crippen LogP contribution >= 0.6 is 0 Å². The van der Waals surface area contributed by atoms with Crippen LogP contribution in [0.1, 0.15) is 5.56 Å². The fraction of sp³-hybridized carbons (Fsp3) is 0.231. The minimum Gasteiger partial charge on any atom is -0.336 e. The highest BCUT2D eigenvalue weighted by molar-refractivity contribution is 5.80. The van der Waals surface area contributed by atoms with Gasteiger partial charge in [0, 0.05) is 49.8 Å². The van der Waals surface area contributed by atoms with E-state index in [4.69, 9.17) is 5.73 Å². The van der Waals surface area contributed by atoms with Gasteiger partial charge in [0.1, 0.15) is 5.65 Å². The van der Waals surface area contributed by atoms with Crippen LogP contribution in [-0.2, 0) is 19.6 Å². The number of pyridine rings is 1. The zero-order chi connectivity index (χ0) is 12.4. The second kappa shape index (κ2) is 4.62. The van der Waals surface area contributed by atoms with Crippen molar-refractivity contribution in [2.24, 2.45) is 5.73 Å². The van der Waals surface area contributed by atoms with Gasteiger partial charge in [-0.05, 0) is 17.7 Å². The molecule has 0 aliphatic heterocycles. The van der Waals surface area contributed by atoms with Crippen molar-refractivity contribution in [1.29, 1.82) is 0 Å². The lowest BCUT2D eigenvalue weighted by Crippen LogP contribution is -2.05. The Balaban J connectivity index is 1.91. The van der Waals surface area contributed by atoms with E-state index < -0.39 is 0 Å². The third-order valence-corrected chi connectivity index (χ3v) is 3.09. The molecule has 3 aromatic rings. The Morgan fingerprint density at radius 1 is 1.22 bits per heavy atom. The third kappa shape index (κ3) is 1.89. The van der Waals surface area contributed by atoms with Gasteiger partial charge in [0.15, 0.2) is 0 Å². The molecule has 18 heavy (non-hydrogen) atoms. The number of nitrogens with two attached hydrogens (primary N) is 1. The van der Waals surface area contributed by atoms with E-state index >= 15 is 0 Å². The first-order valence-electron chi connectivity index (χ1n) is 5.97.